The Morgan fingerprint density at radius 3 is 2.74 bits per heavy atom. The van der Waals surface area contributed by atoms with E-state index in [1.54, 1.807) is 4.52 Å². The molecule has 182 valence electrons. The number of fused-ring (bicyclic) bond motifs is 1. The van der Waals surface area contributed by atoms with E-state index in [2.05, 4.69) is 25.1 Å². The maximum absolute atomic E-state index is 13.2. The minimum Gasteiger partial charge on any atom is -0.378 e. The number of rotatable bonds is 5. The summed E-state index contributed by atoms with van der Waals surface area (Å²) in [5.74, 6) is 1.59. The first kappa shape index (κ1) is 22.2. The van der Waals surface area contributed by atoms with Crippen molar-refractivity contribution in [1.29, 1.82) is 0 Å². The van der Waals surface area contributed by atoms with Crippen LogP contribution in [0.4, 0.5) is 5.95 Å². The van der Waals surface area contributed by atoms with Gasteiger partial charge in [0.15, 0.2) is 11.3 Å². The van der Waals surface area contributed by atoms with Crippen LogP contribution in [0.15, 0.2) is 39.9 Å². The molecule has 0 N–H and O–H groups in total. The van der Waals surface area contributed by atoms with E-state index < -0.39 is 0 Å². The van der Waals surface area contributed by atoms with Gasteiger partial charge in [-0.15, -0.1) is 0 Å². The molecule has 0 amide bonds. The Kier molecular flexibility index (Phi) is 5.75. The third-order valence-corrected chi connectivity index (χ3v) is 6.72. The molecular formula is C23H24ClN7O4. The Morgan fingerprint density at radius 1 is 1.14 bits per heavy atom. The summed E-state index contributed by atoms with van der Waals surface area (Å²) in [6.45, 7) is 5.10. The average Bonchev–Trinajstić information content (AvgIpc) is 3.61. The number of anilines is 1. The van der Waals surface area contributed by atoms with E-state index in [-0.39, 0.29) is 24.1 Å². The van der Waals surface area contributed by atoms with Crippen LogP contribution in [0.2, 0.25) is 5.02 Å². The minimum absolute atomic E-state index is 0.0126. The highest BCUT2D eigenvalue weighted by atomic mass is 35.5. The second-order valence-corrected chi connectivity index (χ2v) is 9.21. The van der Waals surface area contributed by atoms with Crippen LogP contribution in [-0.2, 0) is 16.0 Å². The van der Waals surface area contributed by atoms with Crippen molar-refractivity contribution in [2.24, 2.45) is 0 Å². The fraction of sp³-hybridized carbons (Fsp3) is 0.435. The van der Waals surface area contributed by atoms with Gasteiger partial charge >= 0.3 is 0 Å². The van der Waals surface area contributed by atoms with E-state index in [0.29, 0.717) is 66.8 Å². The molecule has 11 nitrogen and oxygen atoms in total. The molecular weight excluding hydrogens is 474 g/mol. The molecule has 5 heterocycles. The highest BCUT2D eigenvalue weighted by Crippen LogP contribution is 2.37. The second kappa shape index (κ2) is 9.06. The Morgan fingerprint density at radius 2 is 1.94 bits per heavy atom. The van der Waals surface area contributed by atoms with Gasteiger partial charge in [-0.05, 0) is 31.0 Å². The molecule has 0 bridgehead atoms. The molecule has 0 radical (unpaired) electrons. The zero-order chi connectivity index (χ0) is 23.9. The molecule has 35 heavy (non-hydrogen) atoms. The smallest absolute Gasteiger partial charge is 0.280 e. The summed E-state index contributed by atoms with van der Waals surface area (Å²) in [7, 11) is 0. The highest BCUT2D eigenvalue weighted by molar-refractivity contribution is 6.30. The van der Waals surface area contributed by atoms with E-state index >= 15 is 0 Å². The van der Waals surface area contributed by atoms with Crippen molar-refractivity contribution >= 4 is 23.1 Å². The zero-order valence-corrected chi connectivity index (χ0v) is 19.9. The van der Waals surface area contributed by atoms with Crippen LogP contribution < -0.4 is 10.5 Å². The van der Waals surface area contributed by atoms with Gasteiger partial charge in [0.25, 0.3) is 5.56 Å². The number of hydrogen-bond acceptors (Lipinski definition) is 9. The predicted molar refractivity (Wildman–Crippen MR) is 126 cm³/mol. The monoisotopic (exact) mass is 497 g/mol. The largest absolute Gasteiger partial charge is 0.378 e. The Balaban J connectivity index is 1.20. The molecule has 0 aliphatic carbocycles. The molecule has 0 saturated carbocycles. The lowest BCUT2D eigenvalue weighted by molar-refractivity contribution is 0.110. The number of halogens is 1. The number of aryl methyl sites for hydroxylation is 1. The van der Waals surface area contributed by atoms with Crippen LogP contribution in [0.3, 0.4) is 0 Å². The molecule has 12 heteroatoms. The number of imidazole rings is 1. The van der Waals surface area contributed by atoms with Gasteiger partial charge in [0.2, 0.25) is 11.8 Å². The second-order valence-electron chi connectivity index (χ2n) is 8.77. The van der Waals surface area contributed by atoms with Gasteiger partial charge in [-0.25, -0.2) is 4.98 Å². The number of aromatic nitrogens is 6. The first-order chi connectivity index (χ1) is 17.1. The lowest BCUT2D eigenvalue weighted by Gasteiger charge is -2.26. The van der Waals surface area contributed by atoms with E-state index in [4.69, 9.17) is 25.6 Å². The fourth-order valence-corrected chi connectivity index (χ4v) is 4.73. The summed E-state index contributed by atoms with van der Waals surface area (Å²) in [6.07, 6.45) is 2.19. The van der Waals surface area contributed by atoms with Gasteiger partial charge in [0.1, 0.15) is 12.9 Å². The number of hydrogen-bond donors (Lipinski definition) is 0. The molecule has 1 unspecified atom stereocenters. The summed E-state index contributed by atoms with van der Waals surface area (Å²) in [5, 5.41) is 9.33. The Hall–Kier alpha value is -3.28. The molecule has 3 aromatic heterocycles. The third-order valence-electron chi connectivity index (χ3n) is 6.47. The van der Waals surface area contributed by atoms with Gasteiger partial charge in [-0.2, -0.15) is 14.6 Å². The van der Waals surface area contributed by atoms with Crippen LogP contribution in [0.5, 0.6) is 0 Å². The summed E-state index contributed by atoms with van der Waals surface area (Å²) in [5.41, 5.74) is 1.92. The topological polar surface area (TPSA) is 113 Å². The molecule has 1 aromatic carbocycles. The molecule has 0 spiro atoms. The lowest BCUT2D eigenvalue weighted by Crippen LogP contribution is -2.38. The Labute approximate surface area is 205 Å². The average molecular weight is 498 g/mol. The summed E-state index contributed by atoms with van der Waals surface area (Å²) >= 11 is 5.99. The molecule has 2 aliphatic rings. The Bertz CT molecular complexity index is 1410. The van der Waals surface area contributed by atoms with Gasteiger partial charge in [-0.1, -0.05) is 28.9 Å². The SMILES string of the molecule is Cc1nc(N2CCOCC2)n2ncn(Cc3nc(C4CO[C@@H](c5ccc(Cl)cc5)C4)no3)c(=O)c12. The summed E-state index contributed by atoms with van der Waals surface area (Å²) < 4.78 is 19.9. The van der Waals surface area contributed by atoms with Crippen molar-refractivity contribution in [2.45, 2.75) is 31.9 Å². The lowest BCUT2D eigenvalue weighted by atomic mass is 10.0. The molecule has 6 rings (SSSR count). The molecule has 2 aliphatic heterocycles. The van der Waals surface area contributed by atoms with Crippen LogP contribution in [0, 0.1) is 6.92 Å². The first-order valence-corrected chi connectivity index (χ1v) is 11.9. The van der Waals surface area contributed by atoms with E-state index in [9.17, 15) is 4.79 Å². The fourth-order valence-electron chi connectivity index (χ4n) is 4.60. The predicted octanol–water partition coefficient (Wildman–Crippen LogP) is 2.37. The molecule has 2 atom stereocenters. The van der Waals surface area contributed by atoms with Gasteiger partial charge in [0.05, 0.1) is 31.6 Å². The van der Waals surface area contributed by atoms with Crippen molar-refractivity contribution < 1.29 is 14.0 Å². The van der Waals surface area contributed by atoms with Gasteiger partial charge in [-0.3, -0.25) is 9.36 Å². The third kappa shape index (κ3) is 4.19. The van der Waals surface area contributed by atoms with Crippen LogP contribution >= 0.6 is 11.6 Å². The van der Waals surface area contributed by atoms with Crippen LogP contribution in [0.1, 0.15) is 41.4 Å². The summed E-state index contributed by atoms with van der Waals surface area (Å²) in [4.78, 5) is 24.5. The number of benzene rings is 1. The van der Waals surface area contributed by atoms with Crippen molar-refractivity contribution in [3.63, 3.8) is 0 Å². The molecule has 2 saturated heterocycles. The van der Waals surface area contributed by atoms with E-state index in [1.165, 1.54) is 10.9 Å². The maximum atomic E-state index is 13.2. The number of ether oxygens (including phenoxy) is 2. The van der Waals surface area contributed by atoms with E-state index in [1.807, 2.05) is 31.2 Å². The van der Waals surface area contributed by atoms with Crippen molar-refractivity contribution in [2.75, 3.05) is 37.8 Å². The normalized spacial score (nSPS) is 20.7. The van der Waals surface area contributed by atoms with Gasteiger partial charge in [0, 0.05) is 24.0 Å². The van der Waals surface area contributed by atoms with Crippen molar-refractivity contribution in [3.8, 4) is 0 Å². The number of nitrogens with zero attached hydrogens (tertiary/aromatic N) is 7. The zero-order valence-electron chi connectivity index (χ0n) is 19.1. The standard InChI is InChI=1S/C23H24ClN7O4/c1-14-20-22(32)30(13-25-31(20)23(26-14)29-6-8-33-9-7-29)11-19-27-21(28-35-19)16-10-18(34-12-16)15-2-4-17(24)5-3-15/h2-5,13,16,18H,6-12H2,1H3/t16?,18-/m1/s1. The van der Waals surface area contributed by atoms with Gasteiger partial charge < -0.3 is 18.9 Å². The highest BCUT2D eigenvalue weighted by Gasteiger charge is 2.31. The first-order valence-electron chi connectivity index (χ1n) is 11.5. The van der Waals surface area contributed by atoms with E-state index in [0.717, 1.165) is 12.0 Å². The number of morpholine rings is 1. The molecule has 2 fully saturated rings. The molecule has 4 aromatic rings. The minimum atomic E-state index is -0.212. The summed E-state index contributed by atoms with van der Waals surface area (Å²) in [6, 6.07) is 7.65. The van der Waals surface area contributed by atoms with Crippen LogP contribution in [0.25, 0.3) is 5.52 Å². The van der Waals surface area contributed by atoms with Crippen molar-refractivity contribution in [3.05, 3.63) is 68.9 Å². The maximum Gasteiger partial charge on any atom is 0.280 e. The quantitative estimate of drug-likeness (QED) is 0.410. The van der Waals surface area contributed by atoms with Crippen LogP contribution in [-0.4, -0.2) is 62.2 Å². The van der Waals surface area contributed by atoms with Crippen molar-refractivity contribution in [1.82, 2.24) is 29.3 Å².